The summed E-state index contributed by atoms with van der Waals surface area (Å²) >= 11 is 0. The number of rotatable bonds is 8. The molecular formula is C18H19F2N7O3. The van der Waals surface area contributed by atoms with Gasteiger partial charge in [0.2, 0.25) is 5.95 Å². The van der Waals surface area contributed by atoms with Gasteiger partial charge in [-0.05, 0) is 30.9 Å². The lowest BCUT2D eigenvalue weighted by Gasteiger charge is -2.15. The fourth-order valence-corrected chi connectivity index (χ4v) is 3.33. The van der Waals surface area contributed by atoms with Crippen molar-refractivity contribution >= 4 is 11.8 Å². The average Bonchev–Trinajstić information content (AvgIpc) is 3.33. The Morgan fingerprint density at radius 1 is 1.13 bits per heavy atom. The number of hydrogen-bond donors (Lipinski definition) is 3. The fraction of sp³-hybridized carbons (Fsp3) is 0.389. The van der Waals surface area contributed by atoms with Crippen LogP contribution in [0.25, 0.3) is 0 Å². The summed E-state index contributed by atoms with van der Waals surface area (Å²) in [6.07, 6.45) is 7.26. The molecule has 1 aliphatic rings. The average molecular weight is 419 g/mol. The van der Waals surface area contributed by atoms with Crippen molar-refractivity contribution in [2.75, 3.05) is 10.6 Å². The lowest BCUT2D eigenvalue weighted by atomic mass is 10.2. The molecule has 0 unspecified atom stereocenters. The predicted octanol–water partition coefficient (Wildman–Crippen LogP) is 2.19. The zero-order valence-corrected chi connectivity index (χ0v) is 15.7. The highest BCUT2D eigenvalue weighted by Gasteiger charge is 2.25. The molecule has 0 radical (unpaired) electrons. The quantitative estimate of drug-likeness (QED) is 0.503. The molecule has 0 spiro atoms. The first-order chi connectivity index (χ1) is 14.5. The third-order valence-corrected chi connectivity index (χ3v) is 4.65. The maximum atomic E-state index is 12.2. The van der Waals surface area contributed by atoms with Crippen LogP contribution in [0.1, 0.15) is 30.7 Å². The molecule has 3 aromatic rings. The zero-order valence-electron chi connectivity index (χ0n) is 15.7. The molecule has 3 aromatic heterocycles. The Morgan fingerprint density at radius 2 is 1.90 bits per heavy atom. The fourth-order valence-electron chi connectivity index (χ4n) is 3.33. The standard InChI is InChI=1S/C18H19F2N7O3/c19-16(20)29-13-8-22-17(23-9-13)25-12-3-2-11(6-12)24-14-4-1-10(7-21-14)5-15-26-18(28)30-27-15/h1,4,7-9,11-12,16H,2-3,5-6H2,(H,21,24)(H,22,23,25)(H,26,27,28)/t11-,12-/m0/s1. The molecule has 2 atom stereocenters. The van der Waals surface area contributed by atoms with Crippen molar-refractivity contribution in [3.63, 3.8) is 0 Å². The van der Waals surface area contributed by atoms with E-state index in [1.807, 2.05) is 12.1 Å². The first kappa shape index (κ1) is 19.7. The number of anilines is 2. The van der Waals surface area contributed by atoms with E-state index in [-0.39, 0.29) is 17.8 Å². The zero-order chi connectivity index (χ0) is 20.9. The SMILES string of the molecule is O=c1[nH]c(Cc2ccc(N[C@H]3CC[C@H](Nc4ncc(OC(F)F)cn4)C3)nc2)no1. The second-order valence-corrected chi connectivity index (χ2v) is 6.89. The molecule has 3 N–H and O–H groups in total. The molecule has 1 aliphatic carbocycles. The van der Waals surface area contributed by atoms with Gasteiger partial charge in [-0.1, -0.05) is 11.2 Å². The molecule has 0 aromatic carbocycles. The Balaban J connectivity index is 1.26. The van der Waals surface area contributed by atoms with E-state index in [2.05, 4.69) is 45.0 Å². The van der Waals surface area contributed by atoms with Crippen LogP contribution in [0.15, 0.2) is 40.0 Å². The van der Waals surface area contributed by atoms with Crippen LogP contribution in [0.2, 0.25) is 0 Å². The number of H-pyrrole nitrogens is 1. The third-order valence-electron chi connectivity index (χ3n) is 4.65. The summed E-state index contributed by atoms with van der Waals surface area (Å²) in [5.41, 5.74) is 0.896. The number of alkyl halides is 2. The van der Waals surface area contributed by atoms with Gasteiger partial charge in [-0.3, -0.25) is 9.51 Å². The normalized spacial score (nSPS) is 18.5. The molecular weight excluding hydrogens is 400 g/mol. The summed E-state index contributed by atoms with van der Waals surface area (Å²) in [4.78, 5) is 25.9. The third kappa shape index (κ3) is 5.27. The Bertz CT molecular complexity index is 1010. The molecule has 0 saturated heterocycles. The largest absolute Gasteiger partial charge is 0.438 e. The van der Waals surface area contributed by atoms with Crippen molar-refractivity contribution < 1.29 is 18.0 Å². The summed E-state index contributed by atoms with van der Waals surface area (Å²) in [5.74, 6) is 0.913. The van der Waals surface area contributed by atoms with E-state index in [0.29, 0.717) is 18.2 Å². The minimum absolute atomic E-state index is 0.0778. The van der Waals surface area contributed by atoms with Crippen LogP contribution in [-0.4, -0.2) is 43.8 Å². The smallest absolute Gasteiger partial charge is 0.432 e. The number of aromatic amines is 1. The van der Waals surface area contributed by atoms with Gasteiger partial charge >= 0.3 is 12.4 Å². The second kappa shape index (κ2) is 8.84. The maximum absolute atomic E-state index is 12.2. The molecule has 158 valence electrons. The number of ether oxygens (including phenoxy) is 1. The summed E-state index contributed by atoms with van der Waals surface area (Å²) in [7, 11) is 0. The van der Waals surface area contributed by atoms with Gasteiger partial charge in [0.25, 0.3) is 0 Å². The van der Waals surface area contributed by atoms with E-state index >= 15 is 0 Å². The van der Waals surface area contributed by atoms with Crippen molar-refractivity contribution in [3.05, 3.63) is 52.7 Å². The molecule has 0 aliphatic heterocycles. The first-order valence-electron chi connectivity index (χ1n) is 9.33. The van der Waals surface area contributed by atoms with Gasteiger partial charge in [0, 0.05) is 24.7 Å². The molecule has 1 saturated carbocycles. The number of hydrogen-bond acceptors (Lipinski definition) is 9. The van der Waals surface area contributed by atoms with Gasteiger partial charge in [0.1, 0.15) is 5.82 Å². The van der Waals surface area contributed by atoms with Gasteiger partial charge < -0.3 is 15.4 Å². The number of aromatic nitrogens is 5. The van der Waals surface area contributed by atoms with Gasteiger partial charge in [-0.15, -0.1) is 0 Å². The number of pyridine rings is 1. The highest BCUT2D eigenvalue weighted by molar-refractivity contribution is 5.38. The Labute approximate surface area is 169 Å². The maximum Gasteiger partial charge on any atom is 0.438 e. The highest BCUT2D eigenvalue weighted by Crippen LogP contribution is 2.25. The molecule has 10 nitrogen and oxygen atoms in total. The number of nitrogens with zero attached hydrogens (tertiary/aromatic N) is 4. The molecule has 1 fully saturated rings. The van der Waals surface area contributed by atoms with Crippen molar-refractivity contribution in [3.8, 4) is 5.75 Å². The minimum atomic E-state index is -2.90. The number of nitrogens with one attached hydrogen (secondary N) is 3. The van der Waals surface area contributed by atoms with Crippen LogP contribution in [-0.2, 0) is 6.42 Å². The second-order valence-electron chi connectivity index (χ2n) is 6.89. The summed E-state index contributed by atoms with van der Waals surface area (Å²) < 4.78 is 33.0. The lowest BCUT2D eigenvalue weighted by Crippen LogP contribution is -2.22. The Kier molecular flexibility index (Phi) is 5.82. The molecule has 3 heterocycles. The van der Waals surface area contributed by atoms with Gasteiger partial charge in [0.15, 0.2) is 11.6 Å². The van der Waals surface area contributed by atoms with Crippen LogP contribution in [0.3, 0.4) is 0 Å². The van der Waals surface area contributed by atoms with Crippen LogP contribution >= 0.6 is 0 Å². The summed E-state index contributed by atoms with van der Waals surface area (Å²) in [6, 6.07) is 4.17. The van der Waals surface area contributed by atoms with Crippen molar-refractivity contribution in [2.45, 2.75) is 44.4 Å². The van der Waals surface area contributed by atoms with Crippen molar-refractivity contribution in [1.82, 2.24) is 25.1 Å². The lowest BCUT2D eigenvalue weighted by molar-refractivity contribution is -0.0503. The van der Waals surface area contributed by atoms with Crippen LogP contribution in [0.4, 0.5) is 20.5 Å². The van der Waals surface area contributed by atoms with Gasteiger partial charge in [-0.2, -0.15) is 8.78 Å². The van der Waals surface area contributed by atoms with Crippen molar-refractivity contribution in [2.24, 2.45) is 0 Å². The van der Waals surface area contributed by atoms with Crippen LogP contribution in [0.5, 0.6) is 5.75 Å². The van der Waals surface area contributed by atoms with Crippen LogP contribution < -0.4 is 21.1 Å². The summed E-state index contributed by atoms with van der Waals surface area (Å²) in [6.45, 7) is -2.90. The molecule has 4 rings (SSSR count). The van der Waals surface area contributed by atoms with E-state index < -0.39 is 12.4 Å². The van der Waals surface area contributed by atoms with E-state index in [1.54, 1.807) is 6.20 Å². The Hall–Kier alpha value is -3.57. The predicted molar refractivity (Wildman–Crippen MR) is 102 cm³/mol. The van der Waals surface area contributed by atoms with Gasteiger partial charge in [-0.25, -0.2) is 19.7 Å². The monoisotopic (exact) mass is 419 g/mol. The van der Waals surface area contributed by atoms with Crippen LogP contribution in [0, 0.1) is 0 Å². The molecule has 30 heavy (non-hydrogen) atoms. The minimum Gasteiger partial charge on any atom is -0.432 e. The van der Waals surface area contributed by atoms with E-state index in [0.717, 1.165) is 30.6 Å². The van der Waals surface area contributed by atoms with Gasteiger partial charge in [0.05, 0.1) is 12.4 Å². The Morgan fingerprint density at radius 3 is 2.53 bits per heavy atom. The molecule has 0 bridgehead atoms. The van der Waals surface area contributed by atoms with E-state index in [9.17, 15) is 13.6 Å². The summed E-state index contributed by atoms with van der Waals surface area (Å²) in [5, 5.41) is 10.2. The van der Waals surface area contributed by atoms with E-state index in [4.69, 9.17) is 0 Å². The van der Waals surface area contributed by atoms with Crippen molar-refractivity contribution in [1.29, 1.82) is 0 Å². The molecule has 0 amide bonds. The molecule has 12 heteroatoms. The topological polar surface area (TPSA) is 131 Å². The number of halogens is 2. The highest BCUT2D eigenvalue weighted by atomic mass is 19.3. The first-order valence-corrected chi connectivity index (χ1v) is 9.33. The van der Waals surface area contributed by atoms with E-state index in [1.165, 1.54) is 12.4 Å².